The predicted octanol–water partition coefficient (Wildman–Crippen LogP) is 3.69. The molecule has 0 aliphatic rings. The average Bonchev–Trinajstić information content (AvgIpc) is 2.69. The van der Waals surface area contributed by atoms with E-state index in [1.165, 1.54) is 6.92 Å². The highest BCUT2D eigenvalue weighted by Gasteiger charge is 2.32. The van der Waals surface area contributed by atoms with E-state index < -0.39 is 11.7 Å². The van der Waals surface area contributed by atoms with Crippen molar-refractivity contribution in [2.75, 3.05) is 7.05 Å². The Kier molecular flexibility index (Phi) is 4.60. The lowest BCUT2D eigenvalue weighted by molar-refractivity contribution is -0.138. The van der Waals surface area contributed by atoms with Gasteiger partial charge in [-0.25, -0.2) is 0 Å². The van der Waals surface area contributed by atoms with Gasteiger partial charge >= 0.3 is 6.18 Å². The Balaban J connectivity index is 2.07. The third kappa shape index (κ3) is 3.68. The van der Waals surface area contributed by atoms with Crippen molar-refractivity contribution >= 4 is 0 Å². The smallest absolute Gasteiger partial charge is 0.298 e. The van der Waals surface area contributed by atoms with Crippen molar-refractivity contribution in [2.45, 2.75) is 33.1 Å². The summed E-state index contributed by atoms with van der Waals surface area (Å²) in [7, 11) is 3.83. The number of aryl methyl sites for hydroxylation is 2. The van der Waals surface area contributed by atoms with Gasteiger partial charge in [-0.05, 0) is 38.1 Å². The van der Waals surface area contributed by atoms with Crippen molar-refractivity contribution in [1.82, 2.24) is 14.7 Å². The lowest BCUT2D eigenvalue weighted by atomic mass is 10.0. The van der Waals surface area contributed by atoms with Gasteiger partial charge in [-0.1, -0.05) is 12.1 Å². The molecule has 0 radical (unpaired) electrons. The number of benzene rings is 1. The van der Waals surface area contributed by atoms with Crippen LogP contribution in [0.5, 0.6) is 0 Å². The van der Waals surface area contributed by atoms with Crippen molar-refractivity contribution in [3.63, 3.8) is 0 Å². The fraction of sp³-hybridized carbons (Fsp3) is 0.438. The van der Waals surface area contributed by atoms with E-state index in [0.717, 1.165) is 22.9 Å². The summed E-state index contributed by atoms with van der Waals surface area (Å²) in [4.78, 5) is 2.06. The maximum atomic E-state index is 12.8. The molecule has 1 aromatic heterocycles. The normalized spacial score (nSPS) is 12.2. The van der Waals surface area contributed by atoms with E-state index in [2.05, 4.69) is 10.00 Å². The SMILES string of the molecule is Cc1cc(CN(C)Cc2cnn(C)c2C)ccc1C(F)(F)F. The van der Waals surface area contributed by atoms with E-state index in [1.54, 1.807) is 12.1 Å². The number of hydrogen-bond acceptors (Lipinski definition) is 2. The first-order valence-electron chi connectivity index (χ1n) is 7.01. The first-order valence-corrected chi connectivity index (χ1v) is 7.01. The first kappa shape index (κ1) is 16.5. The van der Waals surface area contributed by atoms with Crippen molar-refractivity contribution in [1.29, 1.82) is 0 Å². The Morgan fingerprint density at radius 3 is 2.36 bits per heavy atom. The third-order valence-corrected chi connectivity index (χ3v) is 3.83. The third-order valence-electron chi connectivity index (χ3n) is 3.83. The summed E-state index contributed by atoms with van der Waals surface area (Å²) in [5, 5.41) is 4.19. The molecule has 0 fully saturated rings. The quantitative estimate of drug-likeness (QED) is 0.859. The largest absolute Gasteiger partial charge is 0.416 e. The first-order chi connectivity index (χ1) is 10.2. The van der Waals surface area contributed by atoms with Gasteiger partial charge in [-0.3, -0.25) is 9.58 Å². The van der Waals surface area contributed by atoms with Crippen LogP contribution in [0.25, 0.3) is 0 Å². The van der Waals surface area contributed by atoms with E-state index in [9.17, 15) is 13.2 Å². The molecule has 0 bridgehead atoms. The maximum Gasteiger partial charge on any atom is 0.416 e. The van der Waals surface area contributed by atoms with Crippen LogP contribution < -0.4 is 0 Å². The molecule has 0 aliphatic carbocycles. The zero-order valence-electron chi connectivity index (χ0n) is 13.2. The summed E-state index contributed by atoms with van der Waals surface area (Å²) in [6.07, 6.45) is -2.47. The minimum atomic E-state index is -4.29. The Morgan fingerprint density at radius 1 is 1.18 bits per heavy atom. The number of hydrogen-bond donors (Lipinski definition) is 0. The summed E-state index contributed by atoms with van der Waals surface area (Å²) in [6.45, 7) is 4.79. The minimum Gasteiger partial charge on any atom is -0.298 e. The molecule has 0 saturated carbocycles. The Morgan fingerprint density at radius 2 is 1.86 bits per heavy atom. The van der Waals surface area contributed by atoms with Crippen molar-refractivity contribution < 1.29 is 13.2 Å². The monoisotopic (exact) mass is 311 g/mol. The highest BCUT2D eigenvalue weighted by molar-refractivity contribution is 5.33. The van der Waals surface area contributed by atoms with Crippen LogP contribution in [0.2, 0.25) is 0 Å². The highest BCUT2D eigenvalue weighted by atomic mass is 19.4. The Bertz CT molecular complexity index is 659. The van der Waals surface area contributed by atoms with Crippen LogP contribution in [0.3, 0.4) is 0 Å². The number of nitrogens with zero attached hydrogens (tertiary/aromatic N) is 3. The molecule has 0 spiro atoms. The number of rotatable bonds is 4. The van der Waals surface area contributed by atoms with Gasteiger partial charge in [0, 0.05) is 31.4 Å². The second-order valence-electron chi connectivity index (χ2n) is 5.70. The molecule has 3 nitrogen and oxygen atoms in total. The molecular weight excluding hydrogens is 291 g/mol. The van der Waals surface area contributed by atoms with Gasteiger partial charge in [0.1, 0.15) is 0 Å². The molecule has 1 heterocycles. The standard InChI is InChI=1S/C16H20F3N3/c1-11-7-13(5-6-15(11)16(17,18)19)9-21(3)10-14-8-20-22(4)12(14)2/h5-8H,9-10H2,1-4H3. The van der Waals surface area contributed by atoms with Gasteiger partial charge < -0.3 is 0 Å². The van der Waals surface area contributed by atoms with Crippen LogP contribution in [0, 0.1) is 13.8 Å². The second kappa shape index (κ2) is 6.12. The number of aromatic nitrogens is 2. The highest BCUT2D eigenvalue weighted by Crippen LogP contribution is 2.32. The van der Waals surface area contributed by atoms with Crippen molar-refractivity contribution in [3.8, 4) is 0 Å². The van der Waals surface area contributed by atoms with Crippen LogP contribution >= 0.6 is 0 Å². The lowest BCUT2D eigenvalue weighted by Crippen LogP contribution is -2.18. The molecule has 0 saturated heterocycles. The molecule has 0 aliphatic heterocycles. The van der Waals surface area contributed by atoms with Gasteiger partial charge in [0.2, 0.25) is 0 Å². The van der Waals surface area contributed by atoms with Crippen LogP contribution in [-0.4, -0.2) is 21.7 Å². The zero-order valence-corrected chi connectivity index (χ0v) is 13.2. The van der Waals surface area contributed by atoms with Crippen molar-refractivity contribution in [3.05, 3.63) is 52.3 Å². The van der Waals surface area contributed by atoms with Gasteiger partial charge in [0.25, 0.3) is 0 Å². The summed E-state index contributed by atoms with van der Waals surface area (Å²) < 4.78 is 40.1. The summed E-state index contributed by atoms with van der Waals surface area (Å²) >= 11 is 0. The topological polar surface area (TPSA) is 21.1 Å². The molecule has 0 unspecified atom stereocenters. The molecule has 6 heteroatoms. The van der Waals surface area contributed by atoms with Gasteiger partial charge in [-0.15, -0.1) is 0 Å². The molecule has 1 aromatic carbocycles. The van der Waals surface area contributed by atoms with Crippen LogP contribution in [0.4, 0.5) is 13.2 Å². The predicted molar refractivity (Wildman–Crippen MR) is 79.3 cm³/mol. The number of halogens is 3. The summed E-state index contributed by atoms with van der Waals surface area (Å²) in [5.41, 5.74) is 2.77. The molecule has 0 N–H and O–H groups in total. The average molecular weight is 311 g/mol. The van der Waals surface area contributed by atoms with E-state index in [4.69, 9.17) is 0 Å². The molecule has 22 heavy (non-hydrogen) atoms. The van der Waals surface area contributed by atoms with Crippen LogP contribution in [0.1, 0.15) is 27.9 Å². The Labute approximate surface area is 128 Å². The van der Waals surface area contributed by atoms with Gasteiger partial charge in [-0.2, -0.15) is 18.3 Å². The lowest BCUT2D eigenvalue weighted by Gasteiger charge is -2.18. The zero-order chi connectivity index (χ0) is 16.5. The fourth-order valence-corrected chi connectivity index (χ4v) is 2.50. The maximum absolute atomic E-state index is 12.8. The van der Waals surface area contributed by atoms with E-state index in [1.807, 2.05) is 31.9 Å². The summed E-state index contributed by atoms with van der Waals surface area (Å²) in [6, 6.07) is 4.31. The molecule has 2 rings (SSSR count). The van der Waals surface area contributed by atoms with Crippen LogP contribution in [0.15, 0.2) is 24.4 Å². The number of alkyl halides is 3. The molecule has 0 atom stereocenters. The van der Waals surface area contributed by atoms with E-state index in [0.29, 0.717) is 13.1 Å². The molecular formula is C16H20F3N3. The Hall–Kier alpha value is -1.82. The van der Waals surface area contributed by atoms with E-state index in [-0.39, 0.29) is 5.56 Å². The fourth-order valence-electron chi connectivity index (χ4n) is 2.50. The summed E-state index contributed by atoms with van der Waals surface area (Å²) in [5.74, 6) is 0. The second-order valence-corrected chi connectivity index (χ2v) is 5.70. The van der Waals surface area contributed by atoms with E-state index >= 15 is 0 Å². The van der Waals surface area contributed by atoms with Gasteiger partial charge in [0.15, 0.2) is 0 Å². The molecule has 120 valence electrons. The van der Waals surface area contributed by atoms with Crippen LogP contribution in [-0.2, 0) is 26.3 Å². The molecule has 2 aromatic rings. The van der Waals surface area contributed by atoms with Gasteiger partial charge in [0.05, 0.1) is 11.8 Å². The minimum absolute atomic E-state index is 0.260. The molecule has 0 amide bonds. The van der Waals surface area contributed by atoms with Crippen molar-refractivity contribution in [2.24, 2.45) is 7.05 Å².